The Morgan fingerprint density at radius 2 is 1.67 bits per heavy atom. The van der Waals surface area contributed by atoms with Crippen molar-refractivity contribution >= 4 is 32.8 Å². The lowest BCUT2D eigenvalue weighted by molar-refractivity contribution is -0.169. The van der Waals surface area contributed by atoms with Gasteiger partial charge in [0, 0.05) is 0 Å². The van der Waals surface area contributed by atoms with E-state index in [0.717, 1.165) is 16.3 Å². The van der Waals surface area contributed by atoms with Crippen LogP contribution in [0, 0.1) is 5.92 Å². The molecule has 0 bridgehead atoms. The Bertz CT molecular complexity index is 1040. The summed E-state index contributed by atoms with van der Waals surface area (Å²) in [7, 11) is -5.91. The van der Waals surface area contributed by atoms with Crippen molar-refractivity contribution < 1.29 is 40.8 Å². The van der Waals surface area contributed by atoms with E-state index in [1.807, 2.05) is 42.5 Å². The van der Waals surface area contributed by atoms with Crippen molar-refractivity contribution in [2.75, 3.05) is 0 Å². The van der Waals surface area contributed by atoms with Gasteiger partial charge in [0.05, 0.1) is 5.92 Å². The average molecular weight is 442 g/mol. The second-order valence-corrected chi connectivity index (χ2v) is 8.58. The fourth-order valence-electron chi connectivity index (χ4n) is 3.43. The number of fused-ring (bicyclic) bond motifs is 1. The van der Waals surface area contributed by atoms with Crippen molar-refractivity contribution in [1.82, 2.24) is 0 Å². The maximum atomic E-state index is 13.3. The van der Waals surface area contributed by atoms with Crippen LogP contribution in [0.5, 0.6) is 0 Å². The molecule has 0 saturated heterocycles. The predicted octanol–water partition coefficient (Wildman–Crippen LogP) is 3.47. The quantitative estimate of drug-likeness (QED) is 0.539. The van der Waals surface area contributed by atoms with E-state index in [-0.39, 0.29) is 32.3 Å². The fourth-order valence-corrected chi connectivity index (χ4v) is 3.69. The molecule has 0 atom stereocenters. The molecule has 1 aliphatic rings. The summed E-state index contributed by atoms with van der Waals surface area (Å²) in [5.41, 5.74) is 0.858. The molecule has 30 heavy (non-hydrogen) atoms. The number of hydrogen-bond donors (Lipinski definition) is 1. The van der Waals surface area contributed by atoms with E-state index in [9.17, 15) is 26.8 Å². The molecule has 0 spiro atoms. The van der Waals surface area contributed by atoms with Gasteiger partial charge in [-0.25, -0.2) is 4.79 Å². The zero-order valence-corrected chi connectivity index (χ0v) is 16.6. The summed E-state index contributed by atoms with van der Waals surface area (Å²) in [5, 5.41) is -3.03. The lowest BCUT2D eigenvalue weighted by atomic mass is 9.87. The molecule has 0 radical (unpaired) electrons. The van der Waals surface area contributed by atoms with Gasteiger partial charge in [-0.1, -0.05) is 42.5 Å². The van der Waals surface area contributed by atoms with Gasteiger partial charge in [-0.05, 0) is 42.0 Å². The molecule has 1 N–H and O–H groups in total. The summed E-state index contributed by atoms with van der Waals surface area (Å²) in [6.45, 7) is 0.0929. The molecule has 0 unspecified atom stereocenters. The van der Waals surface area contributed by atoms with Gasteiger partial charge >= 0.3 is 27.3 Å². The third-order valence-corrected chi connectivity index (χ3v) is 5.91. The van der Waals surface area contributed by atoms with Crippen LogP contribution in [-0.4, -0.2) is 36.3 Å². The van der Waals surface area contributed by atoms with Gasteiger partial charge < -0.3 is 9.47 Å². The predicted molar refractivity (Wildman–Crippen MR) is 102 cm³/mol. The van der Waals surface area contributed by atoms with Gasteiger partial charge in [0.15, 0.2) is 0 Å². The monoisotopic (exact) mass is 442 g/mol. The summed E-state index contributed by atoms with van der Waals surface area (Å²) in [5.74, 6) is -3.24. The molecule has 7 nitrogen and oxygen atoms in total. The van der Waals surface area contributed by atoms with Gasteiger partial charge in [0.25, 0.3) is 0 Å². The molecule has 1 fully saturated rings. The van der Waals surface area contributed by atoms with E-state index in [1.165, 1.54) is 0 Å². The van der Waals surface area contributed by atoms with Crippen LogP contribution in [0.2, 0.25) is 0 Å². The number of carbonyl (C=O) groups is 2. The third-order valence-electron chi connectivity index (χ3n) is 5.09. The molecule has 2 aromatic carbocycles. The highest BCUT2D eigenvalue weighted by Crippen LogP contribution is 2.30. The summed E-state index contributed by atoms with van der Waals surface area (Å²) in [6.07, 6.45) is -0.289. The first-order valence-electron chi connectivity index (χ1n) is 9.29. The van der Waals surface area contributed by atoms with Crippen LogP contribution in [0.3, 0.4) is 0 Å². The lowest BCUT2D eigenvalue weighted by Gasteiger charge is -2.27. The highest BCUT2D eigenvalue weighted by molar-refractivity contribution is 7.87. The van der Waals surface area contributed by atoms with E-state index >= 15 is 0 Å². The van der Waals surface area contributed by atoms with Crippen molar-refractivity contribution in [3.8, 4) is 0 Å². The summed E-state index contributed by atoms with van der Waals surface area (Å²) >= 11 is 0. The number of carbonyl (C=O) groups excluding carboxylic acids is 2. The van der Waals surface area contributed by atoms with E-state index < -0.39 is 39.3 Å². The van der Waals surface area contributed by atoms with Crippen molar-refractivity contribution in [1.29, 1.82) is 0 Å². The molecular formula is C20H20F2O7S. The first-order chi connectivity index (χ1) is 14.1. The Balaban J connectivity index is 1.51. The molecule has 10 heteroatoms. The minimum Gasteiger partial charge on any atom is -0.461 e. The highest BCUT2D eigenvalue weighted by Gasteiger charge is 2.54. The number of halogens is 2. The first kappa shape index (κ1) is 22.1. The SMILES string of the molecule is O=C(OCc1cccc2ccccc12)C1CCC(OC(=O)C(F)(F)S(=O)(=O)O)CC1. The van der Waals surface area contributed by atoms with Crippen LogP contribution in [0.15, 0.2) is 42.5 Å². The van der Waals surface area contributed by atoms with E-state index in [0.29, 0.717) is 0 Å². The van der Waals surface area contributed by atoms with Crippen LogP contribution >= 0.6 is 0 Å². The third kappa shape index (κ3) is 4.76. The zero-order valence-electron chi connectivity index (χ0n) is 15.8. The van der Waals surface area contributed by atoms with Crippen molar-refractivity contribution in [2.45, 2.75) is 43.6 Å². The Kier molecular flexibility index (Phi) is 6.37. The number of alkyl halides is 2. The normalized spacial score (nSPS) is 20.0. The van der Waals surface area contributed by atoms with Crippen LogP contribution in [0.25, 0.3) is 10.8 Å². The second kappa shape index (κ2) is 8.65. The van der Waals surface area contributed by atoms with Crippen LogP contribution in [0.1, 0.15) is 31.2 Å². The summed E-state index contributed by atoms with van der Waals surface area (Å²) in [6, 6.07) is 13.4. The second-order valence-electron chi connectivity index (χ2n) is 7.12. The van der Waals surface area contributed by atoms with E-state index in [2.05, 4.69) is 4.74 Å². The Hall–Kier alpha value is -2.59. The lowest BCUT2D eigenvalue weighted by Crippen LogP contribution is -2.41. The molecule has 2 aromatic rings. The molecule has 1 aliphatic carbocycles. The van der Waals surface area contributed by atoms with Crippen molar-refractivity contribution in [3.63, 3.8) is 0 Å². The molecule has 0 aliphatic heterocycles. The van der Waals surface area contributed by atoms with Gasteiger partial charge in [0.2, 0.25) is 0 Å². The standard InChI is InChI=1S/C20H20F2O7S/c21-20(22,30(25,26)27)19(24)29-16-10-8-14(9-11-16)18(23)28-12-15-6-3-5-13-4-1-2-7-17(13)15/h1-7,14,16H,8-12H2,(H,25,26,27). The number of benzene rings is 2. The van der Waals surface area contributed by atoms with Crippen LogP contribution in [-0.2, 0) is 35.8 Å². The maximum Gasteiger partial charge on any atom is 0.465 e. The molecule has 0 amide bonds. The number of rotatable bonds is 6. The smallest absolute Gasteiger partial charge is 0.461 e. The van der Waals surface area contributed by atoms with Crippen molar-refractivity contribution in [2.24, 2.45) is 5.92 Å². The minimum atomic E-state index is -5.91. The summed E-state index contributed by atoms with van der Waals surface area (Å²) < 4.78 is 66.1. The van der Waals surface area contributed by atoms with Crippen molar-refractivity contribution in [3.05, 3.63) is 48.0 Å². The van der Waals surface area contributed by atoms with Gasteiger partial charge in [-0.15, -0.1) is 0 Å². The van der Waals surface area contributed by atoms with Gasteiger partial charge in [-0.2, -0.15) is 17.2 Å². The fraction of sp³-hybridized carbons (Fsp3) is 0.400. The largest absolute Gasteiger partial charge is 0.465 e. The van der Waals surface area contributed by atoms with Crippen LogP contribution < -0.4 is 0 Å². The number of hydrogen-bond acceptors (Lipinski definition) is 6. The number of ether oxygens (including phenoxy) is 2. The topological polar surface area (TPSA) is 107 Å². The molecule has 0 aromatic heterocycles. The first-order valence-corrected chi connectivity index (χ1v) is 10.7. The molecular weight excluding hydrogens is 422 g/mol. The molecule has 3 rings (SSSR count). The van der Waals surface area contributed by atoms with Gasteiger partial charge in [-0.3, -0.25) is 9.35 Å². The average Bonchev–Trinajstić information content (AvgIpc) is 2.71. The highest BCUT2D eigenvalue weighted by atomic mass is 32.2. The van der Waals surface area contributed by atoms with E-state index in [4.69, 9.17) is 9.29 Å². The Labute approximate surface area is 171 Å². The Morgan fingerprint density at radius 3 is 2.33 bits per heavy atom. The number of esters is 2. The molecule has 162 valence electrons. The zero-order chi connectivity index (χ0) is 21.9. The molecule has 0 heterocycles. The molecule has 1 saturated carbocycles. The maximum absolute atomic E-state index is 13.3. The Morgan fingerprint density at radius 1 is 1.03 bits per heavy atom. The minimum absolute atomic E-state index is 0.0929. The van der Waals surface area contributed by atoms with Gasteiger partial charge in [0.1, 0.15) is 12.7 Å². The van der Waals surface area contributed by atoms with Crippen LogP contribution in [0.4, 0.5) is 8.78 Å². The van der Waals surface area contributed by atoms with E-state index in [1.54, 1.807) is 0 Å². The summed E-state index contributed by atoms with van der Waals surface area (Å²) in [4.78, 5) is 23.7.